The van der Waals surface area contributed by atoms with Crippen LogP contribution in [0.5, 0.6) is 0 Å². The van der Waals surface area contributed by atoms with Crippen LogP contribution in [-0.4, -0.2) is 67.7 Å². The summed E-state index contributed by atoms with van der Waals surface area (Å²) in [4.78, 5) is 0. The van der Waals surface area contributed by atoms with Gasteiger partial charge in [0.1, 0.15) is 23.9 Å². The van der Waals surface area contributed by atoms with Crippen LogP contribution in [0.15, 0.2) is 30.3 Å². The maximum Gasteiger partial charge on any atom is 0.214 e. The summed E-state index contributed by atoms with van der Waals surface area (Å²) in [5, 5.41) is 11.6. The summed E-state index contributed by atoms with van der Waals surface area (Å²) in [6, 6.07) is 9.14. The first-order valence-corrected chi connectivity index (χ1v) is 11.6. The molecule has 168 valence electrons. The minimum Gasteiger partial charge on any atom is -0.383 e. The number of nitrogens with one attached hydrogen (secondary N) is 1. The lowest BCUT2D eigenvalue weighted by atomic mass is 9.91. The number of ether oxygens (including phenoxy) is 5. The molecule has 3 fully saturated rings. The topological polar surface area (TPSA) is 113 Å². The van der Waals surface area contributed by atoms with E-state index in [2.05, 4.69) is 4.72 Å². The van der Waals surface area contributed by atoms with Gasteiger partial charge in [-0.3, -0.25) is 0 Å². The first-order chi connectivity index (χ1) is 13.9. The SMILES string of the molecule is CC1(C)OC[C@@H]([C@H]2O[C@H]3OC(C)(C)O[C@H]3[C@@]2(O)CS(=O)(=O)NCc2ccccc2)O1. The Hall–Kier alpha value is -1.11. The summed E-state index contributed by atoms with van der Waals surface area (Å²) in [5.74, 6) is -2.50. The number of rotatable bonds is 6. The fourth-order valence-electron chi connectivity index (χ4n) is 4.17. The molecule has 3 heterocycles. The normalized spacial score (nSPS) is 37.4. The minimum absolute atomic E-state index is 0.109. The van der Waals surface area contributed by atoms with Crippen molar-refractivity contribution in [2.45, 2.75) is 76.0 Å². The Kier molecular flexibility index (Phi) is 5.52. The van der Waals surface area contributed by atoms with Gasteiger partial charge < -0.3 is 28.8 Å². The van der Waals surface area contributed by atoms with Gasteiger partial charge in [0.05, 0.1) is 12.4 Å². The first kappa shape index (κ1) is 22.1. The van der Waals surface area contributed by atoms with Crippen molar-refractivity contribution in [1.82, 2.24) is 4.72 Å². The van der Waals surface area contributed by atoms with E-state index < -0.39 is 57.6 Å². The Morgan fingerprint density at radius 1 is 1.03 bits per heavy atom. The average Bonchev–Trinajstić information content (AvgIpc) is 3.23. The summed E-state index contributed by atoms with van der Waals surface area (Å²) in [6.07, 6.45) is -3.57. The monoisotopic (exact) mass is 443 g/mol. The van der Waals surface area contributed by atoms with Crippen LogP contribution in [0.1, 0.15) is 33.3 Å². The molecule has 3 aliphatic heterocycles. The molecule has 4 rings (SSSR count). The quantitative estimate of drug-likeness (QED) is 0.666. The molecular formula is C20H29NO8S. The van der Waals surface area contributed by atoms with Gasteiger partial charge in [-0.2, -0.15) is 0 Å². The summed E-state index contributed by atoms with van der Waals surface area (Å²) in [6.45, 7) is 7.12. The van der Waals surface area contributed by atoms with E-state index in [1.165, 1.54) is 0 Å². The second-order valence-electron chi connectivity index (χ2n) is 8.91. The molecule has 3 aliphatic rings. The molecule has 5 atom stereocenters. The van der Waals surface area contributed by atoms with Gasteiger partial charge in [-0.15, -0.1) is 0 Å². The van der Waals surface area contributed by atoms with E-state index in [4.69, 9.17) is 23.7 Å². The molecule has 0 unspecified atom stereocenters. The first-order valence-electron chi connectivity index (χ1n) is 9.96. The average molecular weight is 444 g/mol. The second kappa shape index (κ2) is 7.49. The Balaban J connectivity index is 1.55. The highest BCUT2D eigenvalue weighted by Gasteiger charge is 2.67. The molecule has 9 nitrogen and oxygen atoms in total. The lowest BCUT2D eigenvalue weighted by Crippen LogP contribution is -2.59. The van der Waals surface area contributed by atoms with Crippen molar-refractivity contribution in [3.05, 3.63) is 35.9 Å². The molecule has 30 heavy (non-hydrogen) atoms. The van der Waals surface area contributed by atoms with Crippen molar-refractivity contribution in [3.63, 3.8) is 0 Å². The van der Waals surface area contributed by atoms with Crippen molar-refractivity contribution < 1.29 is 37.2 Å². The zero-order valence-corrected chi connectivity index (χ0v) is 18.3. The van der Waals surface area contributed by atoms with Gasteiger partial charge in [-0.05, 0) is 33.3 Å². The maximum atomic E-state index is 12.9. The second-order valence-corrected chi connectivity index (χ2v) is 10.7. The number of sulfonamides is 1. The molecule has 3 saturated heterocycles. The minimum atomic E-state index is -3.90. The van der Waals surface area contributed by atoms with Crippen LogP contribution in [0, 0.1) is 0 Å². The highest BCUT2D eigenvalue weighted by atomic mass is 32.2. The number of hydrogen-bond donors (Lipinski definition) is 2. The van der Waals surface area contributed by atoms with Crippen molar-refractivity contribution in [2.24, 2.45) is 0 Å². The van der Waals surface area contributed by atoms with E-state index in [0.717, 1.165) is 5.56 Å². The van der Waals surface area contributed by atoms with E-state index in [9.17, 15) is 13.5 Å². The summed E-state index contributed by atoms with van der Waals surface area (Å²) in [7, 11) is -3.90. The number of benzene rings is 1. The zero-order chi connectivity index (χ0) is 21.8. The van der Waals surface area contributed by atoms with Crippen LogP contribution < -0.4 is 4.72 Å². The molecule has 0 amide bonds. The summed E-state index contributed by atoms with van der Waals surface area (Å²) >= 11 is 0. The predicted octanol–water partition coefficient (Wildman–Crippen LogP) is 0.865. The third-order valence-electron chi connectivity index (χ3n) is 5.45. The van der Waals surface area contributed by atoms with Crippen molar-refractivity contribution in [2.75, 3.05) is 12.4 Å². The molecule has 0 bridgehead atoms. The summed E-state index contributed by atoms with van der Waals surface area (Å²) in [5.41, 5.74) is -1.09. The van der Waals surface area contributed by atoms with Gasteiger partial charge in [0.2, 0.25) is 10.0 Å². The van der Waals surface area contributed by atoms with Gasteiger partial charge in [0, 0.05) is 6.54 Å². The number of aliphatic hydroxyl groups is 1. The molecule has 1 aromatic carbocycles. The van der Waals surface area contributed by atoms with E-state index in [0.29, 0.717) is 0 Å². The molecular weight excluding hydrogens is 414 g/mol. The maximum absolute atomic E-state index is 12.9. The number of hydrogen-bond acceptors (Lipinski definition) is 8. The highest BCUT2D eigenvalue weighted by molar-refractivity contribution is 7.89. The van der Waals surface area contributed by atoms with Crippen LogP contribution in [0.3, 0.4) is 0 Å². The molecule has 2 N–H and O–H groups in total. The van der Waals surface area contributed by atoms with Gasteiger partial charge >= 0.3 is 0 Å². The van der Waals surface area contributed by atoms with Gasteiger partial charge in [0.25, 0.3) is 0 Å². The van der Waals surface area contributed by atoms with E-state index in [-0.39, 0.29) is 13.2 Å². The van der Waals surface area contributed by atoms with Gasteiger partial charge in [-0.25, -0.2) is 13.1 Å². The van der Waals surface area contributed by atoms with Gasteiger partial charge in [0.15, 0.2) is 17.9 Å². The third-order valence-corrected chi connectivity index (χ3v) is 6.88. The van der Waals surface area contributed by atoms with Crippen molar-refractivity contribution in [1.29, 1.82) is 0 Å². The highest BCUT2D eigenvalue weighted by Crippen LogP contribution is 2.46. The van der Waals surface area contributed by atoms with E-state index in [1.54, 1.807) is 27.7 Å². The van der Waals surface area contributed by atoms with Crippen LogP contribution in [0.25, 0.3) is 0 Å². The van der Waals surface area contributed by atoms with Crippen molar-refractivity contribution in [3.8, 4) is 0 Å². The van der Waals surface area contributed by atoms with Crippen LogP contribution >= 0.6 is 0 Å². The van der Waals surface area contributed by atoms with E-state index >= 15 is 0 Å². The molecule has 0 aliphatic carbocycles. The lowest BCUT2D eigenvalue weighted by molar-refractivity contribution is -0.244. The Bertz CT molecular complexity index is 874. The molecule has 0 saturated carbocycles. The Morgan fingerprint density at radius 3 is 2.37 bits per heavy atom. The lowest BCUT2D eigenvalue weighted by Gasteiger charge is -2.35. The van der Waals surface area contributed by atoms with Crippen LogP contribution in [-0.2, 0) is 40.3 Å². The van der Waals surface area contributed by atoms with Gasteiger partial charge in [-0.1, -0.05) is 30.3 Å². The smallest absolute Gasteiger partial charge is 0.214 e. The largest absolute Gasteiger partial charge is 0.383 e. The summed E-state index contributed by atoms with van der Waals surface area (Å²) < 4.78 is 57.3. The molecule has 10 heteroatoms. The number of fused-ring (bicyclic) bond motifs is 1. The Morgan fingerprint density at radius 2 is 1.73 bits per heavy atom. The molecule has 0 radical (unpaired) electrons. The Labute approximate surface area is 176 Å². The predicted molar refractivity (Wildman–Crippen MR) is 106 cm³/mol. The molecule has 0 spiro atoms. The fraction of sp³-hybridized carbons (Fsp3) is 0.700. The van der Waals surface area contributed by atoms with E-state index in [1.807, 2.05) is 30.3 Å². The fourth-order valence-corrected chi connectivity index (χ4v) is 5.60. The molecule has 0 aromatic heterocycles. The third kappa shape index (κ3) is 4.42. The zero-order valence-electron chi connectivity index (χ0n) is 17.5. The van der Waals surface area contributed by atoms with Crippen LogP contribution in [0.4, 0.5) is 0 Å². The molecule has 1 aromatic rings. The van der Waals surface area contributed by atoms with Crippen molar-refractivity contribution >= 4 is 10.0 Å². The van der Waals surface area contributed by atoms with Crippen LogP contribution in [0.2, 0.25) is 0 Å². The standard InChI is InChI=1S/C20H29NO8S/c1-18(2)25-11-14(27-18)15-20(22,16-17(26-15)29-19(3,4)28-16)12-30(23,24)21-10-13-8-6-5-7-9-13/h5-9,14-17,21-22H,10-12H2,1-4H3/t14-,15+,16+,17-,20+/m0/s1.